The van der Waals surface area contributed by atoms with E-state index in [4.69, 9.17) is 0 Å². The molecule has 0 aromatic heterocycles. The Hall–Kier alpha value is -3.26. The maximum atomic E-state index is 13.3. The molecule has 0 saturated heterocycles. The molecule has 4 atom stereocenters. The van der Waals surface area contributed by atoms with Crippen molar-refractivity contribution in [2.45, 2.75) is 18.8 Å². The van der Waals surface area contributed by atoms with Crippen LogP contribution < -0.4 is 0 Å². The monoisotopic (exact) mass is 394 g/mol. The van der Waals surface area contributed by atoms with Crippen LogP contribution in [0.25, 0.3) is 6.08 Å². The summed E-state index contributed by atoms with van der Waals surface area (Å²) in [4.78, 5) is 25.6. The van der Waals surface area contributed by atoms with Gasteiger partial charge in [0, 0.05) is 24.2 Å². The van der Waals surface area contributed by atoms with Crippen molar-refractivity contribution < 1.29 is 9.59 Å². The van der Waals surface area contributed by atoms with Crippen LogP contribution in [0.1, 0.15) is 29.0 Å². The maximum absolute atomic E-state index is 13.3. The molecule has 0 bridgehead atoms. The molecule has 0 aliphatic heterocycles. The van der Waals surface area contributed by atoms with Crippen LogP contribution in [0.5, 0.6) is 0 Å². The number of ketones is 1. The van der Waals surface area contributed by atoms with Crippen LogP contribution in [0.3, 0.4) is 0 Å². The lowest BCUT2D eigenvalue weighted by atomic mass is 9.62. The molecule has 150 valence electrons. The molecular formula is C28H26O2. The molecule has 0 radical (unpaired) electrons. The van der Waals surface area contributed by atoms with Gasteiger partial charge >= 0.3 is 0 Å². The van der Waals surface area contributed by atoms with Crippen molar-refractivity contribution in [3.05, 3.63) is 114 Å². The number of carbonyl (C=O) groups excluding carboxylic acids is 2. The second kappa shape index (κ2) is 9.49. The summed E-state index contributed by atoms with van der Waals surface area (Å²) in [5.41, 5.74) is 3.29. The highest BCUT2D eigenvalue weighted by Gasteiger charge is 2.43. The molecule has 0 amide bonds. The number of allylic oxidation sites excluding steroid dienone is 1. The van der Waals surface area contributed by atoms with Gasteiger partial charge in [-0.25, -0.2) is 0 Å². The molecule has 0 spiro atoms. The molecule has 2 heteroatoms. The Morgan fingerprint density at radius 1 is 0.800 bits per heavy atom. The molecule has 1 aliphatic rings. The Morgan fingerprint density at radius 3 is 2.03 bits per heavy atom. The van der Waals surface area contributed by atoms with E-state index in [-0.39, 0.29) is 29.5 Å². The van der Waals surface area contributed by atoms with Gasteiger partial charge in [0.2, 0.25) is 0 Å². The van der Waals surface area contributed by atoms with E-state index >= 15 is 0 Å². The first-order valence-corrected chi connectivity index (χ1v) is 10.6. The van der Waals surface area contributed by atoms with Crippen LogP contribution >= 0.6 is 0 Å². The fraction of sp³-hybridized carbons (Fsp3) is 0.214. The van der Waals surface area contributed by atoms with Gasteiger partial charge in [-0.15, -0.1) is 0 Å². The van der Waals surface area contributed by atoms with Crippen molar-refractivity contribution in [1.82, 2.24) is 0 Å². The van der Waals surface area contributed by atoms with E-state index in [0.29, 0.717) is 12.8 Å². The second-order valence-electron chi connectivity index (χ2n) is 8.05. The Labute approximate surface area is 178 Å². The maximum Gasteiger partial charge on any atom is 0.137 e. The van der Waals surface area contributed by atoms with Gasteiger partial charge in [0.1, 0.15) is 12.1 Å². The summed E-state index contributed by atoms with van der Waals surface area (Å²) in [6.45, 7) is 0. The summed E-state index contributed by atoms with van der Waals surface area (Å²) < 4.78 is 0. The number of aldehydes is 1. The Balaban J connectivity index is 1.68. The highest BCUT2D eigenvalue weighted by Crippen LogP contribution is 2.44. The lowest BCUT2D eigenvalue weighted by Crippen LogP contribution is -2.40. The Kier molecular flexibility index (Phi) is 6.34. The first-order chi connectivity index (χ1) is 14.8. The third kappa shape index (κ3) is 4.49. The normalized spacial score (nSPS) is 24.1. The molecule has 3 aromatic rings. The van der Waals surface area contributed by atoms with Crippen LogP contribution in [0, 0.1) is 17.8 Å². The minimum atomic E-state index is -0.223. The van der Waals surface area contributed by atoms with E-state index in [1.54, 1.807) is 0 Å². The number of rotatable bonds is 6. The van der Waals surface area contributed by atoms with Crippen LogP contribution in [0.2, 0.25) is 0 Å². The lowest BCUT2D eigenvalue weighted by Gasteiger charge is -2.39. The first kappa shape index (κ1) is 20.0. The molecule has 1 aliphatic carbocycles. The Bertz CT molecular complexity index is 993. The van der Waals surface area contributed by atoms with E-state index < -0.39 is 0 Å². The van der Waals surface area contributed by atoms with Crippen molar-refractivity contribution in [1.29, 1.82) is 0 Å². The number of benzene rings is 3. The number of Topliss-reactive ketones (excluding diaryl/α,β-unsaturated/α-hetero) is 1. The highest BCUT2D eigenvalue weighted by molar-refractivity contribution is 5.86. The summed E-state index contributed by atoms with van der Waals surface area (Å²) in [7, 11) is 0. The van der Waals surface area contributed by atoms with Gasteiger partial charge in [-0.3, -0.25) is 4.79 Å². The average molecular weight is 395 g/mol. The minimum Gasteiger partial charge on any atom is -0.303 e. The van der Waals surface area contributed by atoms with Gasteiger partial charge in [0.15, 0.2) is 0 Å². The molecule has 0 heterocycles. The summed E-state index contributed by atoms with van der Waals surface area (Å²) in [6.07, 6.45) is 6.24. The molecule has 4 rings (SSSR count). The predicted octanol–water partition coefficient (Wildman–Crippen LogP) is 5.75. The van der Waals surface area contributed by atoms with E-state index in [1.807, 2.05) is 72.8 Å². The summed E-state index contributed by atoms with van der Waals surface area (Å²) in [5.74, 6) is -0.373. The quantitative estimate of drug-likeness (QED) is 0.499. The zero-order valence-corrected chi connectivity index (χ0v) is 16.9. The standard InChI is InChI=1S/C28H26O2/c29-20-26-24(17-16-21-10-4-1-5-11-21)19-27(30)25(18-22-12-6-2-7-13-22)28(26)23-14-8-3-9-15-23/h1-17,20,24-26,28H,18-19H2/b17-16+/t24-,25-,26+,28+/m1/s1. The third-order valence-electron chi connectivity index (χ3n) is 6.17. The molecular weight excluding hydrogens is 368 g/mol. The highest BCUT2D eigenvalue weighted by atomic mass is 16.1. The molecule has 0 N–H and O–H groups in total. The van der Waals surface area contributed by atoms with Gasteiger partial charge in [-0.2, -0.15) is 0 Å². The second-order valence-corrected chi connectivity index (χ2v) is 8.05. The van der Waals surface area contributed by atoms with Crippen LogP contribution in [0.4, 0.5) is 0 Å². The summed E-state index contributed by atoms with van der Waals surface area (Å²) in [6, 6.07) is 30.2. The fourth-order valence-corrected chi connectivity index (χ4v) is 4.67. The predicted molar refractivity (Wildman–Crippen MR) is 121 cm³/mol. The molecule has 0 unspecified atom stereocenters. The molecule has 30 heavy (non-hydrogen) atoms. The zero-order valence-electron chi connectivity index (χ0n) is 16.9. The van der Waals surface area contributed by atoms with Crippen molar-refractivity contribution in [3.63, 3.8) is 0 Å². The van der Waals surface area contributed by atoms with Crippen LogP contribution in [0.15, 0.2) is 97.1 Å². The average Bonchev–Trinajstić information content (AvgIpc) is 2.81. The lowest BCUT2D eigenvalue weighted by molar-refractivity contribution is -0.129. The van der Waals surface area contributed by atoms with Crippen molar-refractivity contribution in [2.24, 2.45) is 17.8 Å². The van der Waals surface area contributed by atoms with Gasteiger partial charge in [-0.1, -0.05) is 103 Å². The largest absolute Gasteiger partial charge is 0.303 e. The molecule has 3 aromatic carbocycles. The molecule has 1 fully saturated rings. The van der Waals surface area contributed by atoms with E-state index in [1.165, 1.54) is 0 Å². The van der Waals surface area contributed by atoms with Gasteiger partial charge in [0.05, 0.1) is 0 Å². The molecule has 2 nitrogen and oxygen atoms in total. The van der Waals surface area contributed by atoms with Crippen LogP contribution in [-0.2, 0) is 16.0 Å². The smallest absolute Gasteiger partial charge is 0.137 e. The topological polar surface area (TPSA) is 34.1 Å². The van der Waals surface area contributed by atoms with Crippen molar-refractivity contribution in [2.75, 3.05) is 0 Å². The number of carbonyl (C=O) groups is 2. The molecule has 1 saturated carbocycles. The van der Waals surface area contributed by atoms with E-state index in [9.17, 15) is 9.59 Å². The van der Waals surface area contributed by atoms with Crippen molar-refractivity contribution in [3.8, 4) is 0 Å². The van der Waals surface area contributed by atoms with Gasteiger partial charge < -0.3 is 4.79 Å². The SMILES string of the molecule is O=C[C@@H]1[C@@H](c2ccccc2)[C@H](Cc2ccccc2)C(=O)C[C@H]1/C=C/c1ccccc1. The van der Waals surface area contributed by atoms with E-state index in [2.05, 4.69) is 30.3 Å². The van der Waals surface area contributed by atoms with E-state index in [0.717, 1.165) is 23.0 Å². The van der Waals surface area contributed by atoms with Crippen molar-refractivity contribution >= 4 is 18.1 Å². The van der Waals surface area contributed by atoms with Gasteiger partial charge in [0.25, 0.3) is 0 Å². The minimum absolute atomic E-state index is 0.0903. The zero-order chi connectivity index (χ0) is 20.8. The number of hydrogen-bond donors (Lipinski definition) is 0. The Morgan fingerprint density at radius 2 is 1.40 bits per heavy atom. The first-order valence-electron chi connectivity index (χ1n) is 10.6. The summed E-state index contributed by atoms with van der Waals surface area (Å²) in [5, 5.41) is 0. The third-order valence-corrected chi connectivity index (χ3v) is 6.17. The fourth-order valence-electron chi connectivity index (χ4n) is 4.67. The summed E-state index contributed by atoms with van der Waals surface area (Å²) >= 11 is 0. The number of hydrogen-bond acceptors (Lipinski definition) is 2. The van der Waals surface area contributed by atoms with Crippen LogP contribution in [-0.4, -0.2) is 12.1 Å². The van der Waals surface area contributed by atoms with Gasteiger partial charge in [-0.05, 0) is 29.0 Å².